The predicted molar refractivity (Wildman–Crippen MR) is 47.1 cm³/mol. The van der Waals surface area contributed by atoms with Gasteiger partial charge in [-0.15, -0.1) is 0 Å². The molecule has 0 unspecified atom stereocenters. The summed E-state index contributed by atoms with van der Waals surface area (Å²) < 4.78 is 41.9. The second-order valence-electron chi connectivity index (χ2n) is 2.85. The van der Waals surface area contributed by atoms with Gasteiger partial charge >= 0.3 is 6.18 Å². The van der Waals surface area contributed by atoms with Crippen LogP contribution in [-0.4, -0.2) is 7.11 Å². The van der Waals surface area contributed by atoms with Crippen molar-refractivity contribution in [3.05, 3.63) is 23.3 Å². The Balaban J connectivity index is 3.31. The van der Waals surface area contributed by atoms with Gasteiger partial charge in [-0.1, -0.05) is 0 Å². The molecule has 1 aromatic rings. The van der Waals surface area contributed by atoms with Gasteiger partial charge in [0.05, 0.1) is 18.4 Å². The Bertz CT molecular complexity index is 347. The van der Waals surface area contributed by atoms with Gasteiger partial charge in [0, 0.05) is 5.56 Å². The van der Waals surface area contributed by atoms with Crippen LogP contribution in [0.5, 0.6) is 5.75 Å². The maximum Gasteiger partial charge on any atom is 0.418 e. The summed E-state index contributed by atoms with van der Waals surface area (Å²) in [4.78, 5) is 0. The van der Waals surface area contributed by atoms with Crippen LogP contribution < -0.4 is 10.5 Å². The molecule has 0 amide bonds. The molecule has 0 heterocycles. The van der Waals surface area contributed by atoms with E-state index in [2.05, 4.69) is 0 Å². The van der Waals surface area contributed by atoms with Gasteiger partial charge in [-0.3, -0.25) is 0 Å². The van der Waals surface area contributed by atoms with Crippen molar-refractivity contribution in [2.45, 2.75) is 13.1 Å². The first-order valence-electron chi connectivity index (χ1n) is 3.88. The minimum atomic E-state index is -4.42. The normalized spacial score (nSPS) is 11.5. The lowest BCUT2D eigenvalue weighted by Gasteiger charge is -2.14. The lowest BCUT2D eigenvalue weighted by Crippen LogP contribution is -2.10. The number of alkyl halides is 3. The molecule has 0 fully saturated rings. The van der Waals surface area contributed by atoms with Crippen LogP contribution in [0.4, 0.5) is 18.9 Å². The summed E-state index contributed by atoms with van der Waals surface area (Å²) in [5, 5.41) is 0. The molecule has 0 radical (unpaired) electrons. The number of benzene rings is 1. The molecule has 0 spiro atoms. The summed E-state index contributed by atoms with van der Waals surface area (Å²) in [5.74, 6) is 0.357. The maximum atomic E-state index is 12.3. The average Bonchev–Trinajstić information content (AvgIpc) is 2.07. The molecule has 0 aromatic heterocycles. The van der Waals surface area contributed by atoms with Crippen molar-refractivity contribution in [3.63, 3.8) is 0 Å². The van der Waals surface area contributed by atoms with E-state index < -0.39 is 11.7 Å². The summed E-state index contributed by atoms with van der Waals surface area (Å²) in [7, 11) is 1.38. The van der Waals surface area contributed by atoms with E-state index in [1.807, 2.05) is 0 Å². The molecule has 1 aromatic carbocycles. The highest BCUT2D eigenvalue weighted by molar-refractivity contribution is 5.60. The zero-order chi connectivity index (χ0) is 10.9. The number of nitrogens with two attached hydrogens (primary N) is 1. The van der Waals surface area contributed by atoms with E-state index in [4.69, 9.17) is 10.5 Å². The summed E-state index contributed by atoms with van der Waals surface area (Å²) in [6, 6.07) is 2.18. The molecule has 0 bridgehead atoms. The number of ether oxygens (including phenoxy) is 1. The van der Waals surface area contributed by atoms with Gasteiger partial charge in [0.15, 0.2) is 0 Å². The summed E-state index contributed by atoms with van der Waals surface area (Å²) >= 11 is 0. The fraction of sp³-hybridized carbons (Fsp3) is 0.333. The first-order valence-corrected chi connectivity index (χ1v) is 3.88. The van der Waals surface area contributed by atoms with Gasteiger partial charge in [-0.2, -0.15) is 13.2 Å². The summed E-state index contributed by atoms with van der Waals surface area (Å²) in [6.45, 7) is 1.49. The molecule has 1 rings (SSSR count). The van der Waals surface area contributed by atoms with Crippen LogP contribution >= 0.6 is 0 Å². The summed E-state index contributed by atoms with van der Waals surface area (Å²) in [5.41, 5.74) is 4.55. The van der Waals surface area contributed by atoms with Crippen LogP contribution in [-0.2, 0) is 6.18 Å². The highest BCUT2D eigenvalue weighted by Gasteiger charge is 2.33. The molecule has 0 aliphatic rings. The second kappa shape index (κ2) is 3.40. The van der Waals surface area contributed by atoms with Crippen molar-refractivity contribution in [2.24, 2.45) is 0 Å². The molecule has 5 heteroatoms. The monoisotopic (exact) mass is 205 g/mol. The van der Waals surface area contributed by atoms with Crippen LogP contribution in [0.1, 0.15) is 11.1 Å². The number of hydrogen-bond donors (Lipinski definition) is 1. The Labute approximate surface area is 79.5 Å². The van der Waals surface area contributed by atoms with E-state index >= 15 is 0 Å². The van der Waals surface area contributed by atoms with Crippen LogP contribution in [0.2, 0.25) is 0 Å². The van der Waals surface area contributed by atoms with Crippen LogP contribution in [0.15, 0.2) is 12.1 Å². The summed E-state index contributed by atoms with van der Waals surface area (Å²) in [6.07, 6.45) is -4.42. The second-order valence-corrected chi connectivity index (χ2v) is 2.85. The highest BCUT2D eigenvalue weighted by Crippen LogP contribution is 2.37. The third-order valence-corrected chi connectivity index (χ3v) is 1.99. The first kappa shape index (κ1) is 10.7. The van der Waals surface area contributed by atoms with Gasteiger partial charge in [0.1, 0.15) is 5.75 Å². The molecule has 0 atom stereocenters. The zero-order valence-electron chi connectivity index (χ0n) is 7.77. The van der Waals surface area contributed by atoms with E-state index in [0.29, 0.717) is 11.3 Å². The van der Waals surface area contributed by atoms with Crippen molar-refractivity contribution < 1.29 is 17.9 Å². The lowest BCUT2D eigenvalue weighted by molar-refractivity contribution is -0.136. The average molecular weight is 205 g/mol. The van der Waals surface area contributed by atoms with Gasteiger partial charge in [-0.25, -0.2) is 0 Å². The third-order valence-electron chi connectivity index (χ3n) is 1.99. The molecule has 0 aliphatic carbocycles. The minimum absolute atomic E-state index is 0.281. The van der Waals surface area contributed by atoms with E-state index in [0.717, 1.165) is 6.07 Å². The Hall–Kier alpha value is -1.39. The Morgan fingerprint density at radius 2 is 1.86 bits per heavy atom. The Kier molecular flexibility index (Phi) is 2.59. The third kappa shape index (κ3) is 1.76. The van der Waals surface area contributed by atoms with Crippen molar-refractivity contribution in [1.29, 1.82) is 0 Å². The molecule has 0 saturated carbocycles. The zero-order valence-corrected chi connectivity index (χ0v) is 7.77. The van der Waals surface area contributed by atoms with Crippen molar-refractivity contribution in [3.8, 4) is 5.75 Å². The maximum absolute atomic E-state index is 12.3. The van der Waals surface area contributed by atoms with Gasteiger partial charge in [0.2, 0.25) is 0 Å². The number of halogens is 3. The Morgan fingerprint density at radius 3 is 2.29 bits per heavy atom. The van der Waals surface area contributed by atoms with Crippen molar-refractivity contribution >= 4 is 5.69 Å². The molecule has 2 nitrogen and oxygen atoms in total. The van der Waals surface area contributed by atoms with E-state index in [-0.39, 0.29) is 5.69 Å². The highest BCUT2D eigenvalue weighted by atomic mass is 19.4. The molecule has 2 N–H and O–H groups in total. The Morgan fingerprint density at radius 1 is 1.29 bits per heavy atom. The molecular weight excluding hydrogens is 195 g/mol. The van der Waals surface area contributed by atoms with Crippen LogP contribution in [0.3, 0.4) is 0 Å². The first-order chi connectivity index (χ1) is 6.38. The number of methoxy groups -OCH3 is 1. The number of anilines is 1. The van der Waals surface area contributed by atoms with E-state index in [9.17, 15) is 13.2 Å². The fourth-order valence-corrected chi connectivity index (χ4v) is 1.18. The SMILES string of the molecule is COc1ccc(C(F)(F)F)c(N)c1C. The number of nitrogen functional groups attached to an aromatic ring is 1. The smallest absolute Gasteiger partial charge is 0.418 e. The van der Waals surface area contributed by atoms with Gasteiger partial charge < -0.3 is 10.5 Å². The van der Waals surface area contributed by atoms with Crippen molar-refractivity contribution in [2.75, 3.05) is 12.8 Å². The van der Waals surface area contributed by atoms with E-state index in [1.165, 1.54) is 20.1 Å². The van der Waals surface area contributed by atoms with Crippen LogP contribution in [0, 0.1) is 6.92 Å². The molecule has 78 valence electrons. The predicted octanol–water partition coefficient (Wildman–Crippen LogP) is 2.60. The van der Waals surface area contributed by atoms with Gasteiger partial charge in [-0.05, 0) is 19.1 Å². The largest absolute Gasteiger partial charge is 0.496 e. The van der Waals surface area contributed by atoms with Crippen LogP contribution in [0.25, 0.3) is 0 Å². The topological polar surface area (TPSA) is 35.2 Å². The number of rotatable bonds is 1. The quantitative estimate of drug-likeness (QED) is 0.715. The lowest BCUT2D eigenvalue weighted by atomic mass is 10.1. The molecule has 0 saturated heterocycles. The molecular formula is C9H10F3NO. The minimum Gasteiger partial charge on any atom is -0.496 e. The molecule has 14 heavy (non-hydrogen) atoms. The van der Waals surface area contributed by atoms with Gasteiger partial charge in [0.25, 0.3) is 0 Å². The molecule has 0 aliphatic heterocycles. The van der Waals surface area contributed by atoms with Crippen molar-refractivity contribution in [1.82, 2.24) is 0 Å². The fourth-order valence-electron chi connectivity index (χ4n) is 1.18. The van der Waals surface area contributed by atoms with E-state index in [1.54, 1.807) is 0 Å². The number of hydrogen-bond acceptors (Lipinski definition) is 2. The standard InChI is InChI=1S/C9H10F3NO/c1-5-7(14-2)4-3-6(8(5)13)9(10,11)12/h3-4H,13H2,1-2H3.